The van der Waals surface area contributed by atoms with E-state index < -0.39 is 48.1 Å². The number of alkyl halides is 3. The molecule has 2 aliphatic heterocycles. The van der Waals surface area contributed by atoms with Crippen LogP contribution in [0.25, 0.3) is 0 Å². The summed E-state index contributed by atoms with van der Waals surface area (Å²) in [6.07, 6.45) is -4.62. The number of nitrogens with one attached hydrogen (secondary N) is 1. The third-order valence-electron chi connectivity index (χ3n) is 4.82. The number of carbonyl (C=O) groups is 3. The first kappa shape index (κ1) is 22.2. The van der Waals surface area contributed by atoms with E-state index in [1.54, 1.807) is 24.3 Å². The first-order valence-corrected chi connectivity index (χ1v) is 10.2. The fourth-order valence-electron chi connectivity index (χ4n) is 3.33. The molecular weight excluding hydrogens is 519 g/mol. The second kappa shape index (κ2) is 8.17. The number of imide groups is 1. The van der Waals surface area contributed by atoms with Gasteiger partial charge in [0, 0.05) is 4.47 Å². The molecule has 3 amide bonds. The molecule has 4 rings (SSSR count). The third kappa shape index (κ3) is 4.07. The number of nitrogens with zero attached hydrogens (tertiary/aromatic N) is 4. The highest BCUT2D eigenvalue weighted by molar-refractivity contribution is 9.10. The number of benzene rings is 2. The van der Waals surface area contributed by atoms with Crippen molar-refractivity contribution in [1.29, 1.82) is 0 Å². The summed E-state index contributed by atoms with van der Waals surface area (Å²) in [5.41, 5.74) is -0.891. The Balaban J connectivity index is 1.49. The van der Waals surface area contributed by atoms with E-state index in [-0.39, 0.29) is 10.7 Å². The van der Waals surface area contributed by atoms with Crippen molar-refractivity contribution >= 4 is 56.6 Å². The van der Waals surface area contributed by atoms with Crippen LogP contribution in [0, 0.1) is 0 Å². The summed E-state index contributed by atoms with van der Waals surface area (Å²) in [7, 11) is 0. The molecule has 0 radical (unpaired) electrons. The molecule has 1 N–H and O–H groups in total. The highest BCUT2D eigenvalue weighted by Crippen LogP contribution is 2.35. The lowest BCUT2D eigenvalue weighted by molar-refractivity contribution is -0.137. The molecule has 0 bridgehead atoms. The molecule has 2 aromatic carbocycles. The molecule has 0 unspecified atom stereocenters. The third-order valence-corrected chi connectivity index (χ3v) is 5.67. The zero-order chi connectivity index (χ0) is 23.2. The van der Waals surface area contributed by atoms with E-state index in [1.165, 1.54) is 0 Å². The van der Waals surface area contributed by atoms with Gasteiger partial charge in [-0.25, -0.2) is 4.90 Å². The SMILES string of the molecule is O=C(CN1N=N[C@H]2C(=O)N(c3ccc(Br)cc3)C(=O)[C@H]21)Nc1cc(C(F)(F)F)ccc1Cl. The minimum absolute atomic E-state index is 0.0965. The van der Waals surface area contributed by atoms with Gasteiger partial charge in [0.05, 0.1) is 22.0 Å². The van der Waals surface area contributed by atoms with Crippen LogP contribution in [0.15, 0.2) is 57.3 Å². The Bertz CT molecular complexity index is 1140. The molecule has 1 saturated heterocycles. The number of hydrogen-bond acceptors (Lipinski definition) is 6. The van der Waals surface area contributed by atoms with Crippen LogP contribution in [0.3, 0.4) is 0 Å². The van der Waals surface area contributed by atoms with E-state index in [0.717, 1.165) is 26.5 Å². The number of anilines is 2. The Morgan fingerprint density at radius 1 is 1.12 bits per heavy atom. The quantitative estimate of drug-likeness (QED) is 0.604. The van der Waals surface area contributed by atoms with E-state index in [4.69, 9.17) is 11.6 Å². The zero-order valence-electron chi connectivity index (χ0n) is 15.8. The Morgan fingerprint density at radius 3 is 2.47 bits per heavy atom. The van der Waals surface area contributed by atoms with Gasteiger partial charge in [-0.2, -0.15) is 18.3 Å². The van der Waals surface area contributed by atoms with Crippen LogP contribution in [0.4, 0.5) is 24.5 Å². The summed E-state index contributed by atoms with van der Waals surface area (Å²) >= 11 is 9.16. The van der Waals surface area contributed by atoms with Crippen molar-refractivity contribution < 1.29 is 27.6 Å². The predicted molar refractivity (Wildman–Crippen MR) is 111 cm³/mol. The summed E-state index contributed by atoms with van der Waals surface area (Å²) in [4.78, 5) is 39.0. The molecule has 0 aliphatic carbocycles. The zero-order valence-corrected chi connectivity index (χ0v) is 18.1. The summed E-state index contributed by atoms with van der Waals surface area (Å²) in [6, 6.07) is 6.73. The van der Waals surface area contributed by atoms with Crippen LogP contribution in [-0.4, -0.2) is 41.4 Å². The molecule has 0 spiro atoms. The maximum atomic E-state index is 12.9. The smallest absolute Gasteiger partial charge is 0.323 e. The Labute approximate surface area is 192 Å². The van der Waals surface area contributed by atoms with Gasteiger partial charge in [0.2, 0.25) is 5.91 Å². The van der Waals surface area contributed by atoms with Crippen LogP contribution < -0.4 is 10.2 Å². The van der Waals surface area contributed by atoms with E-state index in [9.17, 15) is 27.6 Å². The summed E-state index contributed by atoms with van der Waals surface area (Å²) < 4.78 is 39.5. The van der Waals surface area contributed by atoms with Gasteiger partial charge >= 0.3 is 6.18 Å². The van der Waals surface area contributed by atoms with E-state index >= 15 is 0 Å². The van der Waals surface area contributed by atoms with E-state index in [0.29, 0.717) is 11.8 Å². The molecule has 2 aromatic rings. The molecule has 8 nitrogen and oxygen atoms in total. The number of fused-ring (bicyclic) bond motifs is 1. The number of amides is 3. The van der Waals surface area contributed by atoms with Crippen molar-refractivity contribution in [2.24, 2.45) is 10.3 Å². The molecular formula is C19H12BrClF3N5O3. The standard InChI is InChI=1S/C19H12BrClF3N5O3/c20-10-2-4-11(5-3-10)29-17(31)15-16(18(29)32)28(27-26-15)8-14(30)25-13-7-9(19(22,23)24)1-6-12(13)21/h1-7,15-16H,8H2,(H,25,30)/t15-,16+/m1/s1. The van der Waals surface area contributed by atoms with Gasteiger partial charge in [-0.15, -0.1) is 0 Å². The van der Waals surface area contributed by atoms with Crippen LogP contribution in [-0.2, 0) is 20.6 Å². The highest BCUT2D eigenvalue weighted by Gasteiger charge is 2.55. The van der Waals surface area contributed by atoms with Crippen molar-refractivity contribution in [2.75, 3.05) is 16.8 Å². The molecule has 1 fully saturated rings. The minimum Gasteiger partial charge on any atom is -0.323 e. The molecule has 13 heteroatoms. The van der Waals surface area contributed by atoms with E-state index in [1.807, 2.05) is 0 Å². The fraction of sp³-hybridized carbons (Fsp3) is 0.211. The lowest BCUT2D eigenvalue weighted by atomic mass is 10.1. The largest absolute Gasteiger partial charge is 0.416 e. The van der Waals surface area contributed by atoms with Crippen LogP contribution in [0.2, 0.25) is 5.02 Å². The molecule has 166 valence electrons. The van der Waals surface area contributed by atoms with Gasteiger partial charge in [-0.3, -0.25) is 19.4 Å². The van der Waals surface area contributed by atoms with Crippen LogP contribution in [0.5, 0.6) is 0 Å². The lowest BCUT2D eigenvalue weighted by Gasteiger charge is -2.20. The molecule has 2 heterocycles. The average molecular weight is 531 g/mol. The number of rotatable bonds is 4. The Morgan fingerprint density at radius 2 is 1.81 bits per heavy atom. The van der Waals surface area contributed by atoms with Crippen molar-refractivity contribution in [2.45, 2.75) is 18.3 Å². The summed E-state index contributed by atoms with van der Waals surface area (Å²) in [6.45, 7) is -0.523. The Hall–Kier alpha value is -2.99. The van der Waals surface area contributed by atoms with Crippen LogP contribution in [0.1, 0.15) is 5.56 Å². The second-order valence-corrected chi connectivity index (χ2v) is 8.24. The number of halogens is 5. The van der Waals surface area contributed by atoms with Crippen LogP contribution >= 0.6 is 27.5 Å². The molecule has 0 saturated carbocycles. The predicted octanol–water partition coefficient (Wildman–Crippen LogP) is 4.05. The molecule has 0 aromatic heterocycles. The van der Waals surface area contributed by atoms with Gasteiger partial charge in [-0.05, 0) is 42.5 Å². The van der Waals surface area contributed by atoms with Crippen molar-refractivity contribution in [3.63, 3.8) is 0 Å². The Kier molecular flexibility index (Phi) is 5.67. The monoisotopic (exact) mass is 529 g/mol. The van der Waals surface area contributed by atoms with Crippen molar-refractivity contribution in [3.8, 4) is 0 Å². The maximum absolute atomic E-state index is 12.9. The first-order chi connectivity index (χ1) is 15.1. The molecule has 32 heavy (non-hydrogen) atoms. The van der Waals surface area contributed by atoms with E-state index in [2.05, 4.69) is 31.6 Å². The summed E-state index contributed by atoms with van der Waals surface area (Å²) in [5, 5.41) is 10.7. The normalized spacial score (nSPS) is 20.2. The molecule has 2 aliphatic rings. The van der Waals surface area contributed by atoms with Gasteiger partial charge < -0.3 is 5.32 Å². The molecule has 2 atom stereocenters. The topological polar surface area (TPSA) is 94.4 Å². The second-order valence-electron chi connectivity index (χ2n) is 6.92. The van der Waals surface area contributed by atoms with Gasteiger partial charge in [0.25, 0.3) is 11.8 Å². The van der Waals surface area contributed by atoms with Crippen molar-refractivity contribution in [3.05, 3.63) is 57.5 Å². The minimum atomic E-state index is -4.62. The summed E-state index contributed by atoms with van der Waals surface area (Å²) in [5.74, 6) is -1.99. The number of hydrogen-bond donors (Lipinski definition) is 1. The number of carbonyl (C=O) groups excluding carboxylic acids is 3. The lowest BCUT2D eigenvalue weighted by Crippen LogP contribution is -2.43. The van der Waals surface area contributed by atoms with Gasteiger partial charge in [-0.1, -0.05) is 32.8 Å². The van der Waals surface area contributed by atoms with Crippen molar-refractivity contribution in [1.82, 2.24) is 5.01 Å². The highest BCUT2D eigenvalue weighted by atomic mass is 79.9. The van der Waals surface area contributed by atoms with Gasteiger partial charge in [0.1, 0.15) is 6.54 Å². The maximum Gasteiger partial charge on any atom is 0.416 e. The first-order valence-electron chi connectivity index (χ1n) is 9.03. The fourth-order valence-corrected chi connectivity index (χ4v) is 3.76. The van der Waals surface area contributed by atoms with Gasteiger partial charge in [0.15, 0.2) is 12.1 Å². The average Bonchev–Trinajstić information content (AvgIpc) is 3.23.